The molecule has 2 aromatic rings. The second kappa shape index (κ2) is 7.74. The number of ether oxygens (including phenoxy) is 2. The highest BCUT2D eigenvalue weighted by atomic mass is 16.5. The van der Waals surface area contributed by atoms with Crippen LogP contribution in [0.1, 0.15) is 47.8 Å². The lowest BCUT2D eigenvalue weighted by molar-refractivity contribution is -0.122. The lowest BCUT2D eigenvalue weighted by Gasteiger charge is -2.35. The normalized spacial score (nSPS) is 21.5. The number of hydrogen-bond acceptors (Lipinski definition) is 4. The molecular formula is C24H25NO4. The van der Waals surface area contributed by atoms with Crippen molar-refractivity contribution in [1.82, 2.24) is 5.32 Å². The summed E-state index contributed by atoms with van der Waals surface area (Å²) in [5.74, 6) is 1.25. The van der Waals surface area contributed by atoms with Crippen molar-refractivity contribution < 1.29 is 19.1 Å². The largest absolute Gasteiger partial charge is 0.497 e. The van der Waals surface area contributed by atoms with Gasteiger partial charge >= 0.3 is 0 Å². The SMILES string of the molecule is COc1ccc(OC)c([C@H]2CC(=O)C3=C(C2)NC(=O)C[C@H]3c2ccccc2C)c1. The third-order valence-corrected chi connectivity index (χ3v) is 5.98. The fourth-order valence-corrected chi connectivity index (χ4v) is 4.58. The zero-order chi connectivity index (χ0) is 20.5. The molecule has 2 atom stereocenters. The van der Waals surface area contributed by atoms with Crippen molar-refractivity contribution in [3.63, 3.8) is 0 Å². The van der Waals surface area contributed by atoms with Crippen molar-refractivity contribution in [3.8, 4) is 11.5 Å². The van der Waals surface area contributed by atoms with Crippen LogP contribution in [-0.4, -0.2) is 25.9 Å². The summed E-state index contributed by atoms with van der Waals surface area (Å²) in [6, 6.07) is 13.6. The molecule has 1 aliphatic heterocycles. The summed E-state index contributed by atoms with van der Waals surface area (Å²) in [4.78, 5) is 25.8. The van der Waals surface area contributed by atoms with Crippen molar-refractivity contribution in [2.24, 2.45) is 0 Å². The van der Waals surface area contributed by atoms with Crippen LogP contribution in [0.3, 0.4) is 0 Å². The molecule has 5 heteroatoms. The van der Waals surface area contributed by atoms with E-state index in [1.54, 1.807) is 14.2 Å². The van der Waals surface area contributed by atoms with Gasteiger partial charge in [-0.2, -0.15) is 0 Å². The van der Waals surface area contributed by atoms with Gasteiger partial charge in [-0.25, -0.2) is 0 Å². The second-order valence-electron chi connectivity index (χ2n) is 7.69. The topological polar surface area (TPSA) is 64.6 Å². The quantitative estimate of drug-likeness (QED) is 0.855. The summed E-state index contributed by atoms with van der Waals surface area (Å²) in [5.41, 5.74) is 4.60. The van der Waals surface area contributed by atoms with Crippen LogP contribution in [0.25, 0.3) is 0 Å². The summed E-state index contributed by atoms with van der Waals surface area (Å²) >= 11 is 0. The standard InChI is InChI=1S/C24H25NO4/c1-14-6-4-5-7-17(14)19-13-23(27)25-20-10-15(11-21(26)24(19)20)18-12-16(28-2)8-9-22(18)29-3/h4-9,12,15,19H,10-11,13H2,1-3H3,(H,25,27)/t15-,19+/m1/s1. The van der Waals surface area contributed by atoms with E-state index in [4.69, 9.17) is 9.47 Å². The molecule has 29 heavy (non-hydrogen) atoms. The second-order valence-corrected chi connectivity index (χ2v) is 7.69. The maximum absolute atomic E-state index is 13.3. The van der Waals surface area contributed by atoms with E-state index in [2.05, 4.69) is 5.32 Å². The Morgan fingerprint density at radius 3 is 2.45 bits per heavy atom. The van der Waals surface area contributed by atoms with Crippen molar-refractivity contribution in [2.45, 2.75) is 38.0 Å². The molecule has 150 valence electrons. The Balaban J connectivity index is 1.75. The third kappa shape index (κ3) is 3.53. The number of amides is 1. The number of ketones is 1. The Morgan fingerprint density at radius 1 is 0.931 bits per heavy atom. The van der Waals surface area contributed by atoms with Crippen molar-refractivity contribution >= 4 is 11.7 Å². The Morgan fingerprint density at radius 2 is 1.72 bits per heavy atom. The van der Waals surface area contributed by atoms with Gasteiger partial charge in [0, 0.05) is 41.5 Å². The first-order chi connectivity index (χ1) is 14.0. The van der Waals surface area contributed by atoms with Gasteiger partial charge in [-0.3, -0.25) is 9.59 Å². The van der Waals surface area contributed by atoms with E-state index in [0.29, 0.717) is 19.3 Å². The first-order valence-electron chi connectivity index (χ1n) is 9.85. The number of benzene rings is 2. The van der Waals surface area contributed by atoms with E-state index in [1.807, 2.05) is 49.4 Å². The number of nitrogens with one attached hydrogen (secondary N) is 1. The van der Waals surface area contributed by atoms with Crippen LogP contribution in [0.5, 0.6) is 11.5 Å². The molecule has 4 rings (SSSR count). The van der Waals surface area contributed by atoms with Crippen LogP contribution in [0.15, 0.2) is 53.7 Å². The van der Waals surface area contributed by atoms with Gasteiger partial charge < -0.3 is 14.8 Å². The van der Waals surface area contributed by atoms with Gasteiger partial charge in [0.1, 0.15) is 11.5 Å². The summed E-state index contributed by atoms with van der Waals surface area (Å²) in [6.45, 7) is 2.03. The van der Waals surface area contributed by atoms with E-state index >= 15 is 0 Å². The minimum atomic E-state index is -0.180. The summed E-state index contributed by atoms with van der Waals surface area (Å²) < 4.78 is 10.9. The minimum Gasteiger partial charge on any atom is -0.497 e. The smallest absolute Gasteiger partial charge is 0.225 e. The number of carbonyl (C=O) groups excluding carboxylic acids is 2. The van der Waals surface area contributed by atoms with Crippen molar-refractivity contribution in [2.75, 3.05) is 14.2 Å². The maximum atomic E-state index is 13.3. The fraction of sp³-hybridized carbons (Fsp3) is 0.333. The molecule has 0 saturated heterocycles. The average molecular weight is 391 g/mol. The predicted molar refractivity (Wildman–Crippen MR) is 110 cm³/mol. The first kappa shape index (κ1) is 19.2. The maximum Gasteiger partial charge on any atom is 0.225 e. The lowest BCUT2D eigenvalue weighted by Crippen LogP contribution is -2.38. The van der Waals surface area contributed by atoms with Crippen molar-refractivity contribution in [1.29, 1.82) is 0 Å². The van der Waals surface area contributed by atoms with Gasteiger partial charge in [-0.15, -0.1) is 0 Å². The molecule has 0 saturated carbocycles. The van der Waals surface area contributed by atoms with E-state index in [-0.39, 0.29) is 23.5 Å². The van der Waals surface area contributed by atoms with Crippen LogP contribution >= 0.6 is 0 Å². The van der Waals surface area contributed by atoms with Gasteiger partial charge in [0.05, 0.1) is 14.2 Å². The summed E-state index contributed by atoms with van der Waals surface area (Å²) in [5, 5.41) is 2.98. The zero-order valence-corrected chi connectivity index (χ0v) is 17.0. The van der Waals surface area contributed by atoms with E-state index in [9.17, 15) is 9.59 Å². The van der Waals surface area contributed by atoms with Crippen LogP contribution in [-0.2, 0) is 9.59 Å². The molecule has 1 aliphatic carbocycles. The van der Waals surface area contributed by atoms with Gasteiger partial charge in [0.15, 0.2) is 5.78 Å². The Hall–Kier alpha value is -3.08. The molecule has 1 N–H and O–H groups in total. The summed E-state index contributed by atoms with van der Waals surface area (Å²) in [6.07, 6.45) is 1.29. The highest BCUT2D eigenvalue weighted by Gasteiger charge is 2.39. The van der Waals surface area contributed by atoms with E-state index < -0.39 is 0 Å². The van der Waals surface area contributed by atoms with E-state index in [1.165, 1.54) is 0 Å². The Labute approximate surface area is 170 Å². The summed E-state index contributed by atoms with van der Waals surface area (Å²) in [7, 11) is 3.24. The molecule has 0 fully saturated rings. The van der Waals surface area contributed by atoms with Crippen LogP contribution in [0, 0.1) is 6.92 Å². The highest BCUT2D eigenvalue weighted by molar-refractivity contribution is 6.02. The lowest BCUT2D eigenvalue weighted by atomic mass is 9.72. The van der Waals surface area contributed by atoms with Crippen LogP contribution < -0.4 is 14.8 Å². The molecule has 0 spiro atoms. The molecule has 0 bridgehead atoms. The number of hydrogen-bond donors (Lipinski definition) is 1. The number of carbonyl (C=O) groups is 2. The fourth-order valence-electron chi connectivity index (χ4n) is 4.58. The Bertz CT molecular complexity index is 1010. The third-order valence-electron chi connectivity index (χ3n) is 5.98. The number of allylic oxidation sites excluding steroid dienone is 2. The minimum absolute atomic E-state index is 0.0388. The molecule has 2 aromatic carbocycles. The first-order valence-corrected chi connectivity index (χ1v) is 9.85. The van der Waals surface area contributed by atoms with Gasteiger partial charge in [-0.05, 0) is 42.7 Å². The number of methoxy groups -OCH3 is 2. The highest BCUT2D eigenvalue weighted by Crippen LogP contribution is 2.45. The molecule has 0 aromatic heterocycles. The Kier molecular flexibility index (Phi) is 5.14. The zero-order valence-electron chi connectivity index (χ0n) is 17.0. The van der Waals surface area contributed by atoms with Crippen LogP contribution in [0.4, 0.5) is 0 Å². The molecule has 5 nitrogen and oxygen atoms in total. The van der Waals surface area contributed by atoms with Gasteiger partial charge in [0.2, 0.25) is 5.91 Å². The van der Waals surface area contributed by atoms with Gasteiger partial charge in [0.25, 0.3) is 0 Å². The van der Waals surface area contributed by atoms with Crippen molar-refractivity contribution in [3.05, 3.63) is 70.4 Å². The monoisotopic (exact) mass is 391 g/mol. The molecular weight excluding hydrogens is 366 g/mol. The molecule has 1 amide bonds. The molecule has 1 heterocycles. The molecule has 0 radical (unpaired) electrons. The van der Waals surface area contributed by atoms with E-state index in [0.717, 1.165) is 39.5 Å². The molecule has 0 unspecified atom stereocenters. The molecule has 2 aliphatic rings. The number of rotatable bonds is 4. The average Bonchev–Trinajstić information content (AvgIpc) is 2.72. The number of Topliss-reactive ketones (excluding diaryl/α,β-unsaturated/α-hetero) is 1. The number of aryl methyl sites for hydroxylation is 1. The van der Waals surface area contributed by atoms with Crippen LogP contribution in [0.2, 0.25) is 0 Å². The van der Waals surface area contributed by atoms with Gasteiger partial charge in [-0.1, -0.05) is 24.3 Å². The predicted octanol–water partition coefficient (Wildman–Crippen LogP) is 4.02.